The molecule has 0 amide bonds. The summed E-state index contributed by atoms with van der Waals surface area (Å²) in [5, 5.41) is 50.3. The average Bonchev–Trinajstić information content (AvgIpc) is 3.30. The van der Waals surface area contributed by atoms with Gasteiger partial charge in [-0.15, -0.1) is 0 Å². The van der Waals surface area contributed by atoms with Gasteiger partial charge in [0.25, 0.3) is 0 Å². The number of phosphoric acid groups is 1. The molecule has 0 saturated heterocycles. The Bertz CT molecular complexity index is 1250. The number of hydrogen-bond donors (Lipinski definition) is 6. The quantitative estimate of drug-likeness (QED) is 0.0145. The minimum Gasteiger partial charge on any atom is -0.462 e. The van der Waals surface area contributed by atoms with Gasteiger partial charge in [0.2, 0.25) is 0 Å². The van der Waals surface area contributed by atoms with E-state index in [1.165, 1.54) is 135 Å². The normalized spacial score (nSPS) is 21.4. The van der Waals surface area contributed by atoms with Crippen LogP contribution in [0, 0.1) is 0 Å². The standard InChI is InChI=1S/C52H97O13P/c1-3-5-7-9-11-13-15-17-19-20-21-22-23-24-25-26-27-29-31-33-35-37-39-41-46(54)64-44(43-63-66(60,61)65-52-50(58)48(56)47(55)49(57)51(52)59)42-62-45(53)40-38-36-34-32-30-28-18-16-14-12-10-8-6-4-2/h10,12,16,18,44,47-52,55-59H,3-9,11,13-15,17,19-43H2,1-2H3,(H,60,61)/b12-10+,18-16+/t44-,47?,48-,49?,50?,51?,52?/m1/s1. The summed E-state index contributed by atoms with van der Waals surface area (Å²) >= 11 is 0. The fraction of sp³-hybridized carbons (Fsp3) is 0.885. The van der Waals surface area contributed by atoms with Crippen LogP contribution in [0.5, 0.6) is 0 Å². The molecule has 0 radical (unpaired) electrons. The molecule has 1 saturated carbocycles. The highest BCUT2D eigenvalue weighted by Gasteiger charge is 2.51. The zero-order valence-corrected chi connectivity index (χ0v) is 42.4. The fourth-order valence-electron chi connectivity index (χ4n) is 8.25. The topological polar surface area (TPSA) is 210 Å². The molecule has 1 rings (SSSR count). The van der Waals surface area contributed by atoms with E-state index in [-0.39, 0.29) is 12.8 Å². The number of carbonyl (C=O) groups is 2. The number of phosphoric ester groups is 1. The summed E-state index contributed by atoms with van der Waals surface area (Å²) in [5.41, 5.74) is 0. The number of ether oxygens (including phenoxy) is 2. The van der Waals surface area contributed by atoms with Gasteiger partial charge in [0, 0.05) is 12.8 Å². The Hall–Kier alpha value is -1.67. The first-order valence-electron chi connectivity index (χ1n) is 26.6. The first-order valence-corrected chi connectivity index (χ1v) is 28.1. The lowest BCUT2D eigenvalue weighted by Crippen LogP contribution is -2.64. The zero-order chi connectivity index (χ0) is 48.5. The lowest BCUT2D eigenvalue weighted by Gasteiger charge is -2.41. The van der Waals surface area contributed by atoms with E-state index in [1.807, 2.05) is 0 Å². The second-order valence-electron chi connectivity index (χ2n) is 18.7. The number of hydrogen-bond acceptors (Lipinski definition) is 12. The molecule has 6 N–H and O–H groups in total. The predicted octanol–water partition coefficient (Wildman–Crippen LogP) is 11.6. The Morgan fingerprint density at radius 1 is 0.470 bits per heavy atom. The van der Waals surface area contributed by atoms with Gasteiger partial charge in [0.15, 0.2) is 6.10 Å². The predicted molar refractivity (Wildman–Crippen MR) is 263 cm³/mol. The lowest BCUT2D eigenvalue weighted by atomic mass is 9.85. The van der Waals surface area contributed by atoms with Crippen LogP contribution in [0.3, 0.4) is 0 Å². The van der Waals surface area contributed by atoms with Crippen molar-refractivity contribution in [2.75, 3.05) is 13.2 Å². The molecule has 66 heavy (non-hydrogen) atoms. The second-order valence-corrected chi connectivity index (χ2v) is 20.1. The Morgan fingerprint density at radius 3 is 1.27 bits per heavy atom. The van der Waals surface area contributed by atoms with Gasteiger partial charge in [0.05, 0.1) is 6.61 Å². The van der Waals surface area contributed by atoms with Crippen LogP contribution in [0.1, 0.15) is 239 Å². The van der Waals surface area contributed by atoms with Gasteiger partial charge in [-0.2, -0.15) is 0 Å². The summed E-state index contributed by atoms with van der Waals surface area (Å²) in [5.74, 6) is -1.10. The smallest absolute Gasteiger partial charge is 0.462 e. The van der Waals surface area contributed by atoms with Crippen LogP contribution < -0.4 is 0 Å². The maximum Gasteiger partial charge on any atom is 0.472 e. The monoisotopic (exact) mass is 961 g/mol. The molecule has 0 aromatic carbocycles. The molecule has 1 fully saturated rings. The van der Waals surface area contributed by atoms with Crippen molar-refractivity contribution in [1.82, 2.24) is 0 Å². The molecule has 0 heterocycles. The summed E-state index contributed by atoms with van der Waals surface area (Å²) in [6, 6.07) is 0. The number of rotatable bonds is 45. The molecule has 0 aliphatic heterocycles. The molecule has 13 nitrogen and oxygen atoms in total. The first-order chi connectivity index (χ1) is 31.9. The van der Waals surface area contributed by atoms with Crippen molar-refractivity contribution >= 4 is 19.8 Å². The van der Waals surface area contributed by atoms with Crippen LogP contribution in [-0.2, 0) is 32.7 Å². The third-order valence-electron chi connectivity index (χ3n) is 12.5. The third-order valence-corrected chi connectivity index (χ3v) is 13.5. The van der Waals surface area contributed by atoms with E-state index < -0.39 is 75.7 Å². The highest BCUT2D eigenvalue weighted by atomic mass is 31.2. The van der Waals surface area contributed by atoms with Crippen molar-refractivity contribution in [2.45, 2.75) is 281 Å². The van der Waals surface area contributed by atoms with E-state index >= 15 is 0 Å². The summed E-state index contributed by atoms with van der Waals surface area (Å²) in [6.07, 6.45) is 35.2. The third kappa shape index (κ3) is 33.8. The Morgan fingerprint density at radius 2 is 0.833 bits per heavy atom. The van der Waals surface area contributed by atoms with Crippen LogP contribution in [0.25, 0.3) is 0 Å². The zero-order valence-electron chi connectivity index (χ0n) is 41.5. The number of aliphatic hydroxyl groups excluding tert-OH is 5. The lowest BCUT2D eigenvalue weighted by molar-refractivity contribution is -0.220. The van der Waals surface area contributed by atoms with Gasteiger partial charge in [0.1, 0.15) is 43.2 Å². The van der Waals surface area contributed by atoms with Crippen molar-refractivity contribution in [3.05, 3.63) is 24.3 Å². The van der Waals surface area contributed by atoms with Crippen LogP contribution in [-0.4, -0.2) is 98.3 Å². The summed E-state index contributed by atoms with van der Waals surface area (Å²) < 4.78 is 33.6. The molecule has 14 heteroatoms. The SMILES string of the molecule is CCCC/C=C/C/C=C/CCCCCCCC(=O)OC[C@H](COP(=O)(O)OC1C(O)C(O)C(O)[C@@H](O)C1O)OC(=O)CCCCCCCCCCCCCCCCCCCCCCCCC. The summed E-state index contributed by atoms with van der Waals surface area (Å²) in [7, 11) is -5.12. The van der Waals surface area contributed by atoms with E-state index in [1.54, 1.807) is 0 Å². The van der Waals surface area contributed by atoms with Crippen LogP contribution in [0.4, 0.5) is 0 Å². The van der Waals surface area contributed by atoms with Gasteiger partial charge >= 0.3 is 19.8 Å². The van der Waals surface area contributed by atoms with Gasteiger partial charge in [-0.3, -0.25) is 18.6 Å². The second kappa shape index (κ2) is 42.2. The van der Waals surface area contributed by atoms with Gasteiger partial charge in [-0.1, -0.05) is 212 Å². The molecule has 1 aliphatic carbocycles. The van der Waals surface area contributed by atoms with Crippen LogP contribution >= 0.6 is 7.82 Å². The Balaban J connectivity index is 2.34. The van der Waals surface area contributed by atoms with Crippen LogP contribution in [0.2, 0.25) is 0 Å². The number of aliphatic hydroxyl groups is 5. The van der Waals surface area contributed by atoms with Gasteiger partial charge < -0.3 is 39.9 Å². The number of carbonyl (C=O) groups excluding carboxylic acids is 2. The van der Waals surface area contributed by atoms with Gasteiger partial charge in [-0.05, 0) is 38.5 Å². The molecular formula is C52H97O13P. The van der Waals surface area contributed by atoms with E-state index in [0.29, 0.717) is 12.8 Å². The summed E-state index contributed by atoms with van der Waals surface area (Å²) in [4.78, 5) is 35.8. The highest BCUT2D eigenvalue weighted by molar-refractivity contribution is 7.47. The van der Waals surface area contributed by atoms with Crippen molar-refractivity contribution < 1.29 is 63.1 Å². The Labute approximate surface area is 400 Å². The number of esters is 2. The molecule has 6 unspecified atom stereocenters. The molecule has 388 valence electrons. The number of allylic oxidation sites excluding steroid dienone is 4. The minimum absolute atomic E-state index is 0.0986. The van der Waals surface area contributed by atoms with Crippen molar-refractivity contribution in [3.8, 4) is 0 Å². The van der Waals surface area contributed by atoms with Crippen molar-refractivity contribution in [2.24, 2.45) is 0 Å². The van der Waals surface area contributed by atoms with E-state index in [0.717, 1.165) is 64.2 Å². The van der Waals surface area contributed by atoms with E-state index in [2.05, 4.69) is 38.2 Å². The largest absolute Gasteiger partial charge is 0.472 e. The van der Waals surface area contributed by atoms with Crippen molar-refractivity contribution in [1.29, 1.82) is 0 Å². The maximum absolute atomic E-state index is 12.8. The fourth-order valence-corrected chi connectivity index (χ4v) is 9.22. The maximum atomic E-state index is 12.8. The summed E-state index contributed by atoms with van der Waals surface area (Å²) in [6.45, 7) is 3.29. The Kier molecular flexibility index (Phi) is 39.9. The molecule has 0 aromatic rings. The number of unbranched alkanes of at least 4 members (excludes halogenated alkanes) is 29. The molecule has 0 bridgehead atoms. The minimum atomic E-state index is -5.12. The first kappa shape index (κ1) is 62.3. The molecule has 1 aliphatic rings. The van der Waals surface area contributed by atoms with Crippen molar-refractivity contribution in [3.63, 3.8) is 0 Å². The van der Waals surface area contributed by atoms with E-state index in [4.69, 9.17) is 18.5 Å². The molecule has 0 spiro atoms. The van der Waals surface area contributed by atoms with E-state index in [9.17, 15) is 44.6 Å². The van der Waals surface area contributed by atoms with Gasteiger partial charge in [-0.25, -0.2) is 4.57 Å². The average molecular weight is 961 g/mol. The highest BCUT2D eigenvalue weighted by Crippen LogP contribution is 2.47. The molecule has 0 aromatic heterocycles. The molecular weight excluding hydrogens is 864 g/mol. The van der Waals surface area contributed by atoms with Crippen LogP contribution in [0.15, 0.2) is 24.3 Å². The molecule has 8 atom stereocenters.